The number of para-hydroxylation sites is 1. The van der Waals surface area contributed by atoms with Crippen molar-refractivity contribution in [3.8, 4) is 0 Å². The van der Waals surface area contributed by atoms with Crippen molar-refractivity contribution >= 4 is 27.5 Å². The lowest BCUT2D eigenvalue weighted by Gasteiger charge is -2.02. The molecule has 6 N–H and O–H groups in total. The highest BCUT2D eigenvalue weighted by Gasteiger charge is 2.12. The topological polar surface area (TPSA) is 144 Å². The highest BCUT2D eigenvalue weighted by Crippen LogP contribution is 2.18. The first-order valence-corrected chi connectivity index (χ1v) is 7.48. The number of nitrogen functional groups attached to an aromatic ring is 2. The van der Waals surface area contributed by atoms with Gasteiger partial charge in [0.2, 0.25) is 0 Å². The number of carboxylic acids is 1. The van der Waals surface area contributed by atoms with Crippen molar-refractivity contribution in [2.45, 2.75) is 11.8 Å². The highest BCUT2D eigenvalue weighted by molar-refractivity contribution is 7.86. The van der Waals surface area contributed by atoms with E-state index in [2.05, 4.69) is 0 Å². The summed E-state index contributed by atoms with van der Waals surface area (Å²) >= 11 is 0. The molecule has 0 spiro atoms. The van der Waals surface area contributed by atoms with Crippen LogP contribution in [0.5, 0.6) is 0 Å². The van der Waals surface area contributed by atoms with Gasteiger partial charge in [-0.05, 0) is 36.8 Å². The van der Waals surface area contributed by atoms with Crippen LogP contribution in [-0.2, 0) is 10.1 Å². The van der Waals surface area contributed by atoms with Crippen LogP contribution in [0, 0.1) is 6.92 Å². The summed E-state index contributed by atoms with van der Waals surface area (Å²) in [5.41, 5.74) is 11.9. The molecular weight excluding hydrogens is 308 g/mol. The number of carboxylic acid groups (broad SMARTS) is 1. The zero-order valence-corrected chi connectivity index (χ0v) is 12.5. The summed E-state index contributed by atoms with van der Waals surface area (Å²) in [4.78, 5) is 10.1. The molecule has 0 saturated heterocycles. The van der Waals surface area contributed by atoms with E-state index in [-0.39, 0.29) is 16.1 Å². The first kappa shape index (κ1) is 17.5. The molecule has 0 atom stereocenters. The van der Waals surface area contributed by atoms with Crippen molar-refractivity contribution in [1.82, 2.24) is 0 Å². The third-order valence-corrected chi connectivity index (χ3v) is 3.55. The van der Waals surface area contributed by atoms with Gasteiger partial charge in [0, 0.05) is 5.69 Å². The van der Waals surface area contributed by atoms with Gasteiger partial charge in [-0.2, -0.15) is 8.42 Å². The van der Waals surface area contributed by atoms with E-state index in [1.165, 1.54) is 18.2 Å². The molecule has 2 aromatic carbocycles. The Balaban J connectivity index is 0.000000224. The normalized spacial score (nSPS) is 10.5. The lowest BCUT2D eigenvalue weighted by atomic mass is 10.2. The van der Waals surface area contributed by atoms with E-state index in [9.17, 15) is 13.2 Å². The maximum atomic E-state index is 10.7. The first-order valence-electron chi connectivity index (χ1n) is 6.04. The second kappa shape index (κ2) is 6.92. The van der Waals surface area contributed by atoms with Gasteiger partial charge in [0.25, 0.3) is 10.1 Å². The monoisotopic (exact) mass is 324 g/mol. The van der Waals surface area contributed by atoms with Crippen molar-refractivity contribution in [3.63, 3.8) is 0 Å². The molecule has 0 fully saturated rings. The average Bonchev–Trinajstić information content (AvgIpc) is 2.41. The molecule has 0 bridgehead atoms. The molecule has 0 aliphatic rings. The van der Waals surface area contributed by atoms with Gasteiger partial charge in [0.15, 0.2) is 0 Å². The first-order chi connectivity index (χ1) is 10.1. The van der Waals surface area contributed by atoms with Gasteiger partial charge >= 0.3 is 5.97 Å². The summed E-state index contributed by atoms with van der Waals surface area (Å²) in [5.74, 6) is -0.988. The van der Waals surface area contributed by atoms with Crippen LogP contribution in [0.25, 0.3) is 0 Å². The van der Waals surface area contributed by atoms with E-state index >= 15 is 0 Å². The summed E-state index contributed by atoms with van der Waals surface area (Å²) in [6.07, 6.45) is 0. The number of anilines is 2. The molecule has 7 nitrogen and oxygen atoms in total. The quantitative estimate of drug-likeness (QED) is 0.487. The number of aryl methyl sites for hydroxylation is 1. The summed E-state index contributed by atoms with van der Waals surface area (Å²) in [7, 11) is -4.18. The molecule has 0 aliphatic heterocycles. The zero-order valence-electron chi connectivity index (χ0n) is 11.7. The molecule has 0 aromatic heterocycles. The summed E-state index contributed by atoms with van der Waals surface area (Å²) in [5, 5.41) is 8.49. The van der Waals surface area contributed by atoms with E-state index in [0.717, 1.165) is 5.56 Å². The predicted octanol–water partition coefficient (Wildman–Crippen LogP) is 1.79. The van der Waals surface area contributed by atoms with Crippen LogP contribution in [0.15, 0.2) is 47.4 Å². The Morgan fingerprint density at radius 3 is 2.05 bits per heavy atom. The molecule has 22 heavy (non-hydrogen) atoms. The molecule has 0 amide bonds. The van der Waals surface area contributed by atoms with Crippen molar-refractivity contribution in [1.29, 1.82) is 0 Å². The molecule has 0 heterocycles. The fourth-order valence-corrected chi connectivity index (χ4v) is 2.26. The lowest BCUT2D eigenvalue weighted by molar-refractivity contribution is 0.0698. The second-order valence-electron chi connectivity index (χ2n) is 4.41. The maximum absolute atomic E-state index is 10.7. The van der Waals surface area contributed by atoms with Crippen LogP contribution in [0.2, 0.25) is 0 Å². The van der Waals surface area contributed by atoms with Gasteiger partial charge < -0.3 is 16.6 Å². The van der Waals surface area contributed by atoms with E-state index in [1.54, 1.807) is 31.2 Å². The average molecular weight is 324 g/mol. The smallest absolute Gasteiger partial charge is 0.337 e. The lowest BCUT2D eigenvalue weighted by Crippen LogP contribution is -2.03. The molecule has 0 aliphatic carbocycles. The largest absolute Gasteiger partial charge is 0.478 e. The minimum Gasteiger partial charge on any atom is -0.478 e. The molecule has 0 unspecified atom stereocenters. The van der Waals surface area contributed by atoms with Crippen molar-refractivity contribution < 1.29 is 22.9 Å². The number of benzene rings is 2. The maximum Gasteiger partial charge on any atom is 0.337 e. The van der Waals surface area contributed by atoms with Crippen LogP contribution >= 0.6 is 0 Å². The van der Waals surface area contributed by atoms with Crippen molar-refractivity contribution in [3.05, 3.63) is 53.6 Å². The number of hydrogen-bond acceptors (Lipinski definition) is 5. The molecular formula is C14H16N2O5S. The van der Waals surface area contributed by atoms with Crippen LogP contribution in [0.4, 0.5) is 11.4 Å². The van der Waals surface area contributed by atoms with Crippen molar-refractivity contribution in [2.75, 3.05) is 11.5 Å². The Morgan fingerprint density at radius 2 is 1.64 bits per heavy atom. The number of aromatic carboxylic acids is 1. The Morgan fingerprint density at radius 1 is 1.05 bits per heavy atom. The summed E-state index contributed by atoms with van der Waals surface area (Å²) < 4.78 is 30.0. The minimum atomic E-state index is -4.18. The van der Waals surface area contributed by atoms with E-state index in [4.69, 9.17) is 21.1 Å². The van der Waals surface area contributed by atoms with Crippen molar-refractivity contribution in [2.24, 2.45) is 0 Å². The Bertz CT molecular complexity index is 788. The minimum absolute atomic E-state index is 0.0584. The van der Waals surface area contributed by atoms with Gasteiger partial charge in [0.1, 0.15) is 4.90 Å². The Hall–Kier alpha value is -2.58. The zero-order chi connectivity index (χ0) is 16.9. The number of carbonyl (C=O) groups is 1. The Labute approximate surface area is 127 Å². The highest BCUT2D eigenvalue weighted by atomic mass is 32.2. The fraction of sp³-hybridized carbons (Fsp3) is 0.0714. The molecule has 2 rings (SSSR count). The van der Waals surface area contributed by atoms with E-state index in [1.807, 2.05) is 0 Å². The summed E-state index contributed by atoms with van der Waals surface area (Å²) in [6.45, 7) is 1.72. The second-order valence-corrected chi connectivity index (χ2v) is 5.80. The number of rotatable bonds is 2. The SMILES string of the molecule is Cc1ccc(N)c(S(=O)(=O)O)c1.Nc1ccccc1C(=O)O. The number of hydrogen-bond donors (Lipinski definition) is 4. The third-order valence-electron chi connectivity index (χ3n) is 2.64. The molecule has 0 saturated carbocycles. The molecule has 0 radical (unpaired) electrons. The predicted molar refractivity (Wildman–Crippen MR) is 83.2 cm³/mol. The summed E-state index contributed by atoms with van der Waals surface area (Å²) in [6, 6.07) is 10.8. The van der Waals surface area contributed by atoms with E-state index < -0.39 is 16.1 Å². The van der Waals surface area contributed by atoms with Gasteiger partial charge in [-0.1, -0.05) is 18.2 Å². The van der Waals surface area contributed by atoms with E-state index in [0.29, 0.717) is 5.69 Å². The van der Waals surface area contributed by atoms with Crippen LogP contribution in [-0.4, -0.2) is 24.0 Å². The molecule has 118 valence electrons. The Kier molecular flexibility index (Phi) is 5.50. The van der Waals surface area contributed by atoms with Gasteiger partial charge in [-0.15, -0.1) is 0 Å². The fourth-order valence-electron chi connectivity index (χ4n) is 1.56. The van der Waals surface area contributed by atoms with Crippen LogP contribution in [0.1, 0.15) is 15.9 Å². The third kappa shape index (κ3) is 4.76. The van der Waals surface area contributed by atoms with Crippen LogP contribution in [0.3, 0.4) is 0 Å². The van der Waals surface area contributed by atoms with Gasteiger partial charge in [-0.3, -0.25) is 4.55 Å². The molecule has 2 aromatic rings. The molecule has 8 heteroatoms. The number of nitrogens with two attached hydrogens (primary N) is 2. The van der Waals surface area contributed by atoms with Gasteiger partial charge in [-0.25, -0.2) is 4.79 Å². The standard InChI is InChI=1S/C7H9NO3S.C7H7NO2/c1-5-2-3-6(8)7(4-5)12(9,10)11;8-6-4-2-1-3-5(6)7(9)10/h2-4H,8H2,1H3,(H,9,10,11);1-4H,8H2,(H,9,10). The van der Waals surface area contributed by atoms with Gasteiger partial charge in [0.05, 0.1) is 11.3 Å². The van der Waals surface area contributed by atoms with Crippen LogP contribution < -0.4 is 11.5 Å².